The summed E-state index contributed by atoms with van der Waals surface area (Å²) < 4.78 is 10.1. The lowest BCUT2D eigenvalue weighted by Crippen LogP contribution is -2.22. The Bertz CT molecular complexity index is 287. The van der Waals surface area contributed by atoms with Crippen LogP contribution in [0.2, 0.25) is 0 Å². The van der Waals surface area contributed by atoms with Crippen LogP contribution >= 0.6 is 0 Å². The highest BCUT2D eigenvalue weighted by Crippen LogP contribution is 2.07. The van der Waals surface area contributed by atoms with E-state index >= 15 is 0 Å². The third-order valence-corrected chi connectivity index (χ3v) is 2.19. The largest absolute Gasteiger partial charge is 0.462 e. The molecule has 1 atom stereocenters. The standard InChI is InChI=1S/C11H19NO4/c1-15-8-9(14)4-5-12-6-10-2-3-11(7-13)16-10/h2-3,9,12-14H,4-8H2,1H3. The molecule has 92 valence electrons. The lowest BCUT2D eigenvalue weighted by molar-refractivity contribution is 0.0593. The number of aliphatic hydroxyl groups is 2. The quantitative estimate of drug-likeness (QED) is 0.557. The zero-order valence-electron chi connectivity index (χ0n) is 9.48. The number of hydrogen-bond acceptors (Lipinski definition) is 5. The number of furan rings is 1. The Morgan fingerprint density at radius 1 is 1.44 bits per heavy atom. The first-order valence-electron chi connectivity index (χ1n) is 5.32. The summed E-state index contributed by atoms with van der Waals surface area (Å²) in [7, 11) is 1.57. The van der Waals surface area contributed by atoms with Crippen molar-refractivity contribution >= 4 is 0 Å². The summed E-state index contributed by atoms with van der Waals surface area (Å²) in [6.45, 7) is 1.57. The second-order valence-corrected chi connectivity index (χ2v) is 3.60. The number of methoxy groups -OCH3 is 1. The molecule has 3 N–H and O–H groups in total. The van der Waals surface area contributed by atoms with Crippen molar-refractivity contribution in [3.8, 4) is 0 Å². The second-order valence-electron chi connectivity index (χ2n) is 3.60. The van der Waals surface area contributed by atoms with Crippen LogP contribution in [0, 0.1) is 0 Å². The van der Waals surface area contributed by atoms with Gasteiger partial charge in [-0.25, -0.2) is 0 Å². The van der Waals surface area contributed by atoms with Crippen LogP contribution in [0.5, 0.6) is 0 Å². The van der Waals surface area contributed by atoms with Crippen molar-refractivity contribution in [2.45, 2.75) is 25.7 Å². The van der Waals surface area contributed by atoms with Gasteiger partial charge in [0.1, 0.15) is 18.1 Å². The lowest BCUT2D eigenvalue weighted by atomic mass is 10.2. The van der Waals surface area contributed by atoms with E-state index in [2.05, 4.69) is 5.32 Å². The normalized spacial score (nSPS) is 12.9. The van der Waals surface area contributed by atoms with Crippen LogP contribution in [0.3, 0.4) is 0 Å². The molecule has 0 aliphatic heterocycles. The maximum atomic E-state index is 9.37. The molecule has 0 amide bonds. The summed E-state index contributed by atoms with van der Waals surface area (Å²) in [6, 6.07) is 3.57. The number of hydrogen-bond donors (Lipinski definition) is 3. The molecule has 5 nitrogen and oxygen atoms in total. The van der Waals surface area contributed by atoms with E-state index < -0.39 is 6.10 Å². The van der Waals surface area contributed by atoms with Gasteiger partial charge in [0.15, 0.2) is 0 Å². The van der Waals surface area contributed by atoms with Crippen molar-refractivity contribution in [1.82, 2.24) is 5.32 Å². The minimum atomic E-state index is -0.429. The first-order chi connectivity index (χ1) is 7.76. The minimum Gasteiger partial charge on any atom is -0.462 e. The molecular weight excluding hydrogens is 210 g/mol. The fourth-order valence-electron chi connectivity index (χ4n) is 1.36. The first kappa shape index (κ1) is 13.2. The second kappa shape index (κ2) is 7.40. The van der Waals surface area contributed by atoms with Crippen LogP contribution in [0.15, 0.2) is 16.5 Å². The molecular formula is C11H19NO4. The van der Waals surface area contributed by atoms with E-state index in [9.17, 15) is 5.11 Å². The molecule has 1 rings (SSSR count). The molecule has 0 spiro atoms. The van der Waals surface area contributed by atoms with Gasteiger partial charge in [-0.3, -0.25) is 0 Å². The smallest absolute Gasteiger partial charge is 0.129 e. The van der Waals surface area contributed by atoms with E-state index in [1.807, 2.05) is 6.07 Å². The summed E-state index contributed by atoms with van der Waals surface area (Å²) >= 11 is 0. The van der Waals surface area contributed by atoms with Gasteiger partial charge in [-0.1, -0.05) is 0 Å². The van der Waals surface area contributed by atoms with Gasteiger partial charge in [0.25, 0.3) is 0 Å². The van der Waals surface area contributed by atoms with E-state index in [0.717, 1.165) is 5.76 Å². The molecule has 0 aromatic carbocycles. The number of nitrogens with one attached hydrogen (secondary N) is 1. The Morgan fingerprint density at radius 2 is 2.19 bits per heavy atom. The van der Waals surface area contributed by atoms with Crippen LogP contribution in [-0.4, -0.2) is 36.6 Å². The highest BCUT2D eigenvalue weighted by molar-refractivity contribution is 5.05. The van der Waals surface area contributed by atoms with Crippen molar-refractivity contribution in [2.24, 2.45) is 0 Å². The number of aliphatic hydroxyl groups excluding tert-OH is 2. The number of ether oxygens (including phenoxy) is 1. The highest BCUT2D eigenvalue weighted by Gasteiger charge is 2.03. The van der Waals surface area contributed by atoms with Crippen LogP contribution < -0.4 is 5.32 Å². The Hall–Kier alpha value is -0.880. The fourth-order valence-corrected chi connectivity index (χ4v) is 1.36. The zero-order valence-corrected chi connectivity index (χ0v) is 9.48. The Morgan fingerprint density at radius 3 is 2.81 bits per heavy atom. The minimum absolute atomic E-state index is 0.0768. The van der Waals surface area contributed by atoms with Crippen LogP contribution in [0.4, 0.5) is 0 Å². The SMILES string of the molecule is COCC(O)CCNCc1ccc(CO)o1. The predicted octanol–water partition coefficient (Wildman–Crippen LogP) is 0.259. The Balaban J connectivity index is 2.11. The van der Waals surface area contributed by atoms with Gasteiger partial charge in [-0.15, -0.1) is 0 Å². The monoisotopic (exact) mass is 229 g/mol. The molecule has 0 fully saturated rings. The van der Waals surface area contributed by atoms with Gasteiger partial charge >= 0.3 is 0 Å². The van der Waals surface area contributed by atoms with Crippen molar-refractivity contribution in [2.75, 3.05) is 20.3 Å². The molecule has 0 saturated heterocycles. The molecule has 0 aliphatic rings. The maximum Gasteiger partial charge on any atom is 0.129 e. The van der Waals surface area contributed by atoms with E-state index in [-0.39, 0.29) is 6.61 Å². The van der Waals surface area contributed by atoms with Crippen molar-refractivity contribution in [1.29, 1.82) is 0 Å². The first-order valence-corrected chi connectivity index (χ1v) is 5.32. The topological polar surface area (TPSA) is 74.9 Å². The van der Waals surface area contributed by atoms with E-state index in [0.29, 0.717) is 31.9 Å². The lowest BCUT2D eigenvalue weighted by Gasteiger charge is -2.09. The van der Waals surface area contributed by atoms with Crippen molar-refractivity contribution < 1.29 is 19.4 Å². The van der Waals surface area contributed by atoms with Gasteiger partial charge in [-0.05, 0) is 25.1 Å². The van der Waals surface area contributed by atoms with Crippen LogP contribution in [0.25, 0.3) is 0 Å². The Kier molecular flexibility index (Phi) is 6.10. The highest BCUT2D eigenvalue weighted by atomic mass is 16.5. The van der Waals surface area contributed by atoms with Crippen LogP contribution in [-0.2, 0) is 17.9 Å². The molecule has 5 heteroatoms. The zero-order chi connectivity index (χ0) is 11.8. The predicted molar refractivity (Wildman–Crippen MR) is 58.8 cm³/mol. The molecule has 1 heterocycles. The van der Waals surface area contributed by atoms with Crippen molar-refractivity contribution in [3.63, 3.8) is 0 Å². The molecule has 0 bridgehead atoms. The summed E-state index contributed by atoms with van der Waals surface area (Å²) in [5.74, 6) is 1.35. The van der Waals surface area contributed by atoms with Gasteiger partial charge in [0.05, 0.1) is 19.3 Å². The molecule has 1 aromatic heterocycles. The van der Waals surface area contributed by atoms with Gasteiger partial charge in [0.2, 0.25) is 0 Å². The third-order valence-electron chi connectivity index (χ3n) is 2.19. The van der Waals surface area contributed by atoms with E-state index in [4.69, 9.17) is 14.3 Å². The molecule has 1 aromatic rings. The molecule has 0 saturated carbocycles. The maximum absolute atomic E-state index is 9.37. The van der Waals surface area contributed by atoms with Gasteiger partial charge < -0.3 is 24.7 Å². The van der Waals surface area contributed by atoms with E-state index in [1.165, 1.54) is 0 Å². The summed E-state index contributed by atoms with van der Waals surface area (Å²) in [4.78, 5) is 0. The van der Waals surface area contributed by atoms with E-state index in [1.54, 1.807) is 13.2 Å². The van der Waals surface area contributed by atoms with Gasteiger partial charge in [0, 0.05) is 7.11 Å². The molecule has 0 radical (unpaired) electrons. The number of rotatable bonds is 8. The average Bonchev–Trinajstić information content (AvgIpc) is 2.73. The summed E-state index contributed by atoms with van der Waals surface area (Å²) in [6.07, 6.45) is 0.212. The fraction of sp³-hybridized carbons (Fsp3) is 0.636. The third kappa shape index (κ3) is 4.76. The summed E-state index contributed by atoms with van der Waals surface area (Å²) in [5, 5.41) is 21.3. The van der Waals surface area contributed by atoms with Crippen LogP contribution in [0.1, 0.15) is 17.9 Å². The summed E-state index contributed by atoms with van der Waals surface area (Å²) in [5.41, 5.74) is 0. The molecule has 0 aliphatic carbocycles. The van der Waals surface area contributed by atoms with Gasteiger partial charge in [-0.2, -0.15) is 0 Å². The molecule has 1 unspecified atom stereocenters. The molecule has 16 heavy (non-hydrogen) atoms. The average molecular weight is 229 g/mol. The van der Waals surface area contributed by atoms with Crippen molar-refractivity contribution in [3.05, 3.63) is 23.7 Å². The Labute approximate surface area is 95.0 Å².